The molecule has 2 heterocycles. The molecule has 0 aromatic carbocycles. The first-order valence-corrected chi connectivity index (χ1v) is 7.14. The van der Waals surface area contributed by atoms with Crippen molar-refractivity contribution in [2.45, 2.75) is 12.8 Å². The highest BCUT2D eigenvalue weighted by Gasteiger charge is 2.18. The van der Waals surface area contributed by atoms with Crippen LogP contribution in [0.25, 0.3) is 0 Å². The summed E-state index contributed by atoms with van der Waals surface area (Å²) in [7, 11) is 4.03. The average Bonchev–Trinajstić information content (AvgIpc) is 2.67. The Kier molecular flexibility index (Phi) is 4.45. The van der Waals surface area contributed by atoms with E-state index in [4.69, 9.17) is 0 Å². The largest absolute Gasteiger partial charge is 0.350 e. The summed E-state index contributed by atoms with van der Waals surface area (Å²) in [6.07, 6.45) is 4.24. The molecule has 1 aromatic heterocycles. The number of carbonyl (C=O) groups is 1. The number of likely N-dealkylation sites (tertiary alicyclic amines) is 1. The second-order valence-corrected chi connectivity index (χ2v) is 6.03. The number of nitrogens with one attached hydrogen (secondary N) is 1. The van der Waals surface area contributed by atoms with Gasteiger partial charge in [0.2, 0.25) is 0 Å². The van der Waals surface area contributed by atoms with Crippen LogP contribution in [0.15, 0.2) is 16.7 Å². The van der Waals surface area contributed by atoms with Gasteiger partial charge in [-0.15, -0.1) is 0 Å². The molecule has 1 saturated heterocycles. The van der Waals surface area contributed by atoms with Crippen LogP contribution in [0.1, 0.15) is 23.3 Å². The van der Waals surface area contributed by atoms with Crippen molar-refractivity contribution < 1.29 is 4.79 Å². The summed E-state index contributed by atoms with van der Waals surface area (Å²) >= 11 is 3.38. The third-order valence-corrected chi connectivity index (χ3v) is 4.03. The van der Waals surface area contributed by atoms with Crippen molar-refractivity contribution >= 4 is 21.8 Å². The Labute approximate surface area is 116 Å². The molecule has 1 amide bonds. The van der Waals surface area contributed by atoms with Crippen molar-refractivity contribution in [3.63, 3.8) is 0 Å². The zero-order valence-electron chi connectivity index (χ0n) is 10.9. The van der Waals surface area contributed by atoms with Crippen LogP contribution in [0.5, 0.6) is 0 Å². The fraction of sp³-hybridized carbons (Fsp3) is 0.615. The van der Waals surface area contributed by atoms with Crippen molar-refractivity contribution in [3.8, 4) is 0 Å². The molecule has 100 valence electrons. The number of hydrogen-bond acceptors (Lipinski definition) is 2. The summed E-state index contributed by atoms with van der Waals surface area (Å²) in [6, 6.07) is 1.85. The first-order chi connectivity index (χ1) is 8.56. The van der Waals surface area contributed by atoms with Gasteiger partial charge in [-0.3, -0.25) is 4.79 Å². The molecule has 0 spiro atoms. The Hall–Kier alpha value is -0.810. The van der Waals surface area contributed by atoms with Crippen LogP contribution in [0.3, 0.4) is 0 Å². The lowest BCUT2D eigenvalue weighted by molar-refractivity contribution is 0.0931. The first-order valence-electron chi connectivity index (χ1n) is 6.35. The van der Waals surface area contributed by atoms with Gasteiger partial charge in [-0.25, -0.2) is 0 Å². The number of aryl methyl sites for hydroxylation is 1. The molecule has 1 N–H and O–H groups in total. The second-order valence-electron chi connectivity index (χ2n) is 5.11. The summed E-state index contributed by atoms with van der Waals surface area (Å²) in [5, 5.41) is 3.04. The van der Waals surface area contributed by atoms with Crippen LogP contribution in [-0.4, -0.2) is 42.1 Å². The van der Waals surface area contributed by atoms with Gasteiger partial charge in [0.05, 0.1) is 0 Å². The minimum absolute atomic E-state index is 0.0159. The zero-order chi connectivity index (χ0) is 13.1. The molecular weight excluding hydrogens is 294 g/mol. The van der Waals surface area contributed by atoms with Crippen LogP contribution in [0, 0.1) is 5.92 Å². The van der Waals surface area contributed by atoms with Crippen molar-refractivity contribution in [1.82, 2.24) is 14.8 Å². The summed E-state index contributed by atoms with van der Waals surface area (Å²) in [4.78, 5) is 14.4. The molecule has 0 atom stereocenters. The Morgan fingerprint density at radius 1 is 1.44 bits per heavy atom. The molecular formula is C13H20BrN3O. The number of aromatic nitrogens is 1. The van der Waals surface area contributed by atoms with Gasteiger partial charge in [-0.2, -0.15) is 0 Å². The predicted molar refractivity (Wildman–Crippen MR) is 75.7 cm³/mol. The lowest BCUT2D eigenvalue weighted by Gasteiger charge is -2.28. The van der Waals surface area contributed by atoms with E-state index in [-0.39, 0.29) is 5.91 Å². The van der Waals surface area contributed by atoms with Gasteiger partial charge in [0.15, 0.2) is 0 Å². The number of piperidine rings is 1. The SMILES string of the molecule is CN1CCC(CNC(=O)c2cc(Br)cn2C)CC1. The van der Waals surface area contributed by atoms with Crippen LogP contribution >= 0.6 is 15.9 Å². The molecule has 0 bridgehead atoms. The quantitative estimate of drug-likeness (QED) is 0.925. The molecule has 1 aliphatic heterocycles. The fourth-order valence-electron chi connectivity index (χ4n) is 2.34. The van der Waals surface area contributed by atoms with Gasteiger partial charge in [-0.1, -0.05) is 0 Å². The molecule has 0 unspecified atom stereocenters. The Bertz CT molecular complexity index is 422. The van der Waals surface area contributed by atoms with Crippen LogP contribution < -0.4 is 5.32 Å². The molecule has 0 aliphatic carbocycles. The Morgan fingerprint density at radius 3 is 2.67 bits per heavy atom. The van der Waals surface area contributed by atoms with Crippen molar-refractivity contribution in [2.24, 2.45) is 13.0 Å². The number of halogens is 1. The van der Waals surface area contributed by atoms with Gasteiger partial charge in [0.1, 0.15) is 5.69 Å². The number of carbonyl (C=O) groups excluding carboxylic acids is 1. The van der Waals surface area contributed by atoms with Crippen LogP contribution in [-0.2, 0) is 7.05 Å². The third-order valence-electron chi connectivity index (χ3n) is 3.59. The van der Waals surface area contributed by atoms with E-state index in [9.17, 15) is 4.79 Å². The average molecular weight is 314 g/mol. The molecule has 1 aromatic rings. The number of amides is 1. The van der Waals surface area contributed by atoms with Crippen LogP contribution in [0.2, 0.25) is 0 Å². The number of nitrogens with zero attached hydrogens (tertiary/aromatic N) is 2. The lowest BCUT2D eigenvalue weighted by atomic mass is 9.97. The monoisotopic (exact) mass is 313 g/mol. The highest BCUT2D eigenvalue weighted by atomic mass is 79.9. The molecule has 0 radical (unpaired) electrons. The minimum Gasteiger partial charge on any atom is -0.350 e. The molecule has 1 aliphatic rings. The van der Waals surface area contributed by atoms with E-state index in [2.05, 4.69) is 33.2 Å². The summed E-state index contributed by atoms with van der Waals surface area (Å²) in [6.45, 7) is 3.06. The van der Waals surface area contributed by atoms with Gasteiger partial charge in [0, 0.05) is 24.3 Å². The molecule has 4 nitrogen and oxygen atoms in total. The van der Waals surface area contributed by atoms with E-state index >= 15 is 0 Å². The second kappa shape index (κ2) is 5.89. The van der Waals surface area contributed by atoms with E-state index in [1.165, 1.54) is 12.8 Å². The maximum atomic E-state index is 12.0. The highest BCUT2D eigenvalue weighted by Crippen LogP contribution is 2.16. The molecule has 0 saturated carbocycles. The number of hydrogen-bond donors (Lipinski definition) is 1. The maximum absolute atomic E-state index is 12.0. The van der Waals surface area contributed by atoms with E-state index in [1.807, 2.05) is 23.9 Å². The van der Waals surface area contributed by atoms with Crippen molar-refractivity contribution in [1.29, 1.82) is 0 Å². The minimum atomic E-state index is 0.0159. The number of rotatable bonds is 3. The van der Waals surface area contributed by atoms with Gasteiger partial charge in [0.25, 0.3) is 5.91 Å². The first kappa shape index (κ1) is 13.6. The molecule has 2 rings (SSSR count). The van der Waals surface area contributed by atoms with E-state index in [0.29, 0.717) is 11.6 Å². The van der Waals surface area contributed by atoms with Gasteiger partial charge < -0.3 is 14.8 Å². The van der Waals surface area contributed by atoms with Crippen LogP contribution in [0.4, 0.5) is 0 Å². The third kappa shape index (κ3) is 3.36. The van der Waals surface area contributed by atoms with E-state index in [0.717, 1.165) is 24.1 Å². The Morgan fingerprint density at radius 2 is 2.11 bits per heavy atom. The standard InChI is InChI=1S/C13H20BrN3O/c1-16-5-3-10(4-6-16)8-15-13(18)12-7-11(14)9-17(12)2/h7,9-10H,3-6,8H2,1-2H3,(H,15,18). The smallest absolute Gasteiger partial charge is 0.267 e. The van der Waals surface area contributed by atoms with Crippen molar-refractivity contribution in [2.75, 3.05) is 26.7 Å². The highest BCUT2D eigenvalue weighted by molar-refractivity contribution is 9.10. The molecule has 1 fully saturated rings. The normalized spacial score (nSPS) is 17.9. The predicted octanol–water partition coefficient (Wildman–Crippen LogP) is 1.86. The topological polar surface area (TPSA) is 37.3 Å². The fourth-order valence-corrected chi connectivity index (χ4v) is 2.87. The lowest BCUT2D eigenvalue weighted by Crippen LogP contribution is -2.37. The van der Waals surface area contributed by atoms with Gasteiger partial charge >= 0.3 is 0 Å². The summed E-state index contributed by atoms with van der Waals surface area (Å²) in [5.74, 6) is 0.635. The van der Waals surface area contributed by atoms with E-state index < -0.39 is 0 Å². The summed E-state index contributed by atoms with van der Waals surface area (Å²) < 4.78 is 2.78. The van der Waals surface area contributed by atoms with E-state index in [1.54, 1.807) is 0 Å². The Balaban J connectivity index is 1.83. The molecule has 18 heavy (non-hydrogen) atoms. The van der Waals surface area contributed by atoms with Crippen molar-refractivity contribution in [3.05, 3.63) is 22.4 Å². The molecule has 5 heteroatoms. The maximum Gasteiger partial charge on any atom is 0.267 e. The van der Waals surface area contributed by atoms with Gasteiger partial charge in [-0.05, 0) is 60.9 Å². The zero-order valence-corrected chi connectivity index (χ0v) is 12.5. The summed E-state index contributed by atoms with van der Waals surface area (Å²) in [5.41, 5.74) is 0.704.